The number of thiophene rings is 1. The van der Waals surface area contributed by atoms with Crippen LogP contribution in [0, 0.1) is 0 Å². The largest absolute Gasteiger partial charge is 0.347 e. The molecule has 0 radical (unpaired) electrons. The van der Waals surface area contributed by atoms with Crippen molar-refractivity contribution in [1.29, 1.82) is 0 Å². The number of carbonyl (C=O) groups is 2. The van der Waals surface area contributed by atoms with Gasteiger partial charge in [0, 0.05) is 36.1 Å². The number of nitrogens with one attached hydrogen (secondary N) is 2. The molecule has 6 nitrogen and oxygen atoms in total. The van der Waals surface area contributed by atoms with Crippen LogP contribution in [0.25, 0.3) is 0 Å². The number of pyridine rings is 1. The minimum Gasteiger partial charge on any atom is -0.347 e. The molecule has 0 saturated carbocycles. The second kappa shape index (κ2) is 7.73. The van der Waals surface area contributed by atoms with Crippen molar-refractivity contribution >= 4 is 28.8 Å². The van der Waals surface area contributed by atoms with Crippen LogP contribution in [0.1, 0.15) is 24.6 Å². The molecule has 2 aromatic rings. The maximum Gasteiger partial charge on any atom is 0.313 e. The van der Waals surface area contributed by atoms with Gasteiger partial charge in [-0.15, -0.1) is 11.3 Å². The molecule has 0 unspecified atom stereocenters. The van der Waals surface area contributed by atoms with Gasteiger partial charge in [0.15, 0.2) is 0 Å². The molecule has 1 atom stereocenters. The maximum absolute atomic E-state index is 11.9. The first-order valence-corrected chi connectivity index (χ1v) is 8.22. The van der Waals surface area contributed by atoms with Crippen LogP contribution in [0.3, 0.4) is 0 Å². The van der Waals surface area contributed by atoms with E-state index in [2.05, 4.69) is 10.6 Å². The first-order chi connectivity index (χ1) is 11.0. The average molecular weight is 333 g/mol. The zero-order chi connectivity index (χ0) is 16.8. The summed E-state index contributed by atoms with van der Waals surface area (Å²) in [6, 6.07) is 6.78. The van der Waals surface area contributed by atoms with Crippen molar-refractivity contribution in [2.24, 2.45) is 0 Å². The molecule has 2 rings (SSSR count). The Kier molecular flexibility index (Phi) is 5.70. The van der Waals surface area contributed by atoms with Crippen LogP contribution in [0.15, 0.2) is 40.6 Å². The lowest BCUT2D eigenvalue weighted by Gasteiger charge is -2.11. The first kappa shape index (κ1) is 17.0. The van der Waals surface area contributed by atoms with Crippen LogP contribution in [0.4, 0.5) is 5.69 Å². The lowest BCUT2D eigenvalue weighted by atomic mass is 10.1. The molecule has 0 aliphatic heterocycles. The summed E-state index contributed by atoms with van der Waals surface area (Å²) in [5.41, 5.74) is 0.262. The third-order valence-electron chi connectivity index (χ3n) is 3.39. The molecule has 2 amide bonds. The van der Waals surface area contributed by atoms with E-state index < -0.39 is 11.8 Å². The Morgan fingerprint density at radius 3 is 2.70 bits per heavy atom. The van der Waals surface area contributed by atoms with Crippen LogP contribution in [0.5, 0.6) is 0 Å². The second-order valence-electron chi connectivity index (χ2n) is 5.12. The van der Waals surface area contributed by atoms with E-state index in [0.29, 0.717) is 18.8 Å². The molecule has 0 aliphatic carbocycles. The van der Waals surface area contributed by atoms with Crippen LogP contribution in [0.2, 0.25) is 0 Å². The Balaban J connectivity index is 1.90. The van der Waals surface area contributed by atoms with Gasteiger partial charge in [-0.3, -0.25) is 14.4 Å². The number of anilines is 1. The van der Waals surface area contributed by atoms with Crippen molar-refractivity contribution in [2.45, 2.75) is 26.3 Å². The summed E-state index contributed by atoms with van der Waals surface area (Å²) in [5.74, 6) is -1.29. The van der Waals surface area contributed by atoms with E-state index >= 15 is 0 Å². The summed E-state index contributed by atoms with van der Waals surface area (Å²) >= 11 is 1.61. The van der Waals surface area contributed by atoms with E-state index in [-0.39, 0.29) is 11.5 Å². The first-order valence-electron chi connectivity index (χ1n) is 7.34. The van der Waals surface area contributed by atoms with Crippen molar-refractivity contribution in [1.82, 2.24) is 9.88 Å². The molecular weight excluding hydrogens is 314 g/mol. The van der Waals surface area contributed by atoms with Crippen molar-refractivity contribution in [3.63, 3.8) is 0 Å². The molecule has 0 saturated heterocycles. The van der Waals surface area contributed by atoms with Crippen molar-refractivity contribution < 1.29 is 9.59 Å². The van der Waals surface area contributed by atoms with Gasteiger partial charge in [-0.05, 0) is 24.4 Å². The van der Waals surface area contributed by atoms with E-state index in [0.717, 1.165) is 4.88 Å². The SMILES string of the molecule is CCn1cc(NC(=O)C(=O)NC[C@H](C)c2cccs2)ccc1=O. The van der Waals surface area contributed by atoms with Gasteiger partial charge < -0.3 is 15.2 Å². The van der Waals surface area contributed by atoms with E-state index in [9.17, 15) is 14.4 Å². The number of hydrogen-bond donors (Lipinski definition) is 2. The Bertz CT molecular complexity index is 737. The predicted molar refractivity (Wildman–Crippen MR) is 90.7 cm³/mol. The van der Waals surface area contributed by atoms with Gasteiger partial charge in [-0.1, -0.05) is 13.0 Å². The highest BCUT2D eigenvalue weighted by Crippen LogP contribution is 2.19. The Labute approximate surface area is 138 Å². The molecule has 2 aromatic heterocycles. The van der Waals surface area contributed by atoms with Crippen molar-refractivity contribution in [2.75, 3.05) is 11.9 Å². The average Bonchev–Trinajstić information content (AvgIpc) is 3.08. The number of rotatable bonds is 5. The number of amides is 2. The highest BCUT2D eigenvalue weighted by atomic mass is 32.1. The fourth-order valence-corrected chi connectivity index (χ4v) is 2.83. The number of aromatic nitrogens is 1. The van der Waals surface area contributed by atoms with Crippen LogP contribution in [-0.2, 0) is 16.1 Å². The van der Waals surface area contributed by atoms with Crippen LogP contribution in [-0.4, -0.2) is 22.9 Å². The predicted octanol–water partition coefficient (Wildman–Crippen LogP) is 1.79. The zero-order valence-corrected chi connectivity index (χ0v) is 13.9. The maximum atomic E-state index is 11.9. The summed E-state index contributed by atoms with van der Waals surface area (Å²) in [5, 5.41) is 7.09. The summed E-state index contributed by atoms with van der Waals surface area (Å²) in [4.78, 5) is 36.4. The fourth-order valence-electron chi connectivity index (χ4n) is 2.04. The standard InChI is InChI=1S/C16H19N3O3S/c1-3-19-10-12(6-7-14(19)20)18-16(22)15(21)17-9-11(2)13-5-4-8-23-13/h4-8,10-11H,3,9H2,1-2H3,(H,17,21)(H,18,22)/t11-/m0/s1. The fraction of sp³-hybridized carbons (Fsp3) is 0.312. The Morgan fingerprint density at radius 2 is 2.04 bits per heavy atom. The lowest BCUT2D eigenvalue weighted by molar-refractivity contribution is -0.136. The second-order valence-corrected chi connectivity index (χ2v) is 6.10. The van der Waals surface area contributed by atoms with Crippen LogP contribution >= 0.6 is 11.3 Å². The Morgan fingerprint density at radius 1 is 1.26 bits per heavy atom. The van der Waals surface area contributed by atoms with Crippen LogP contribution < -0.4 is 16.2 Å². The topological polar surface area (TPSA) is 80.2 Å². The van der Waals surface area contributed by atoms with Gasteiger partial charge in [0.2, 0.25) is 0 Å². The molecule has 122 valence electrons. The van der Waals surface area contributed by atoms with E-state index in [4.69, 9.17) is 0 Å². The normalized spacial score (nSPS) is 11.7. The van der Waals surface area contributed by atoms with E-state index in [1.165, 1.54) is 22.9 Å². The van der Waals surface area contributed by atoms with Gasteiger partial charge >= 0.3 is 11.8 Å². The van der Waals surface area contributed by atoms with Crippen molar-refractivity contribution in [3.05, 3.63) is 51.1 Å². The number of nitrogens with zero attached hydrogens (tertiary/aromatic N) is 1. The summed E-state index contributed by atoms with van der Waals surface area (Å²) in [7, 11) is 0. The quantitative estimate of drug-likeness (QED) is 0.819. The monoisotopic (exact) mass is 333 g/mol. The highest BCUT2D eigenvalue weighted by Gasteiger charge is 2.15. The van der Waals surface area contributed by atoms with Gasteiger partial charge in [0.05, 0.1) is 5.69 Å². The smallest absolute Gasteiger partial charge is 0.313 e. The van der Waals surface area contributed by atoms with Gasteiger partial charge in [-0.25, -0.2) is 0 Å². The number of carbonyl (C=O) groups excluding carboxylic acids is 2. The summed E-state index contributed by atoms with van der Waals surface area (Å²) in [6.45, 7) is 4.70. The molecule has 0 aliphatic rings. The summed E-state index contributed by atoms with van der Waals surface area (Å²) < 4.78 is 1.45. The zero-order valence-electron chi connectivity index (χ0n) is 13.0. The molecule has 0 bridgehead atoms. The highest BCUT2D eigenvalue weighted by molar-refractivity contribution is 7.10. The van der Waals surface area contributed by atoms with Gasteiger partial charge in [-0.2, -0.15) is 0 Å². The van der Waals surface area contributed by atoms with Gasteiger partial charge in [0.1, 0.15) is 0 Å². The minimum atomic E-state index is -0.746. The lowest BCUT2D eigenvalue weighted by Crippen LogP contribution is -2.37. The Hall–Kier alpha value is -2.41. The molecular formula is C16H19N3O3S. The molecule has 7 heteroatoms. The van der Waals surface area contributed by atoms with E-state index in [1.54, 1.807) is 11.3 Å². The molecule has 23 heavy (non-hydrogen) atoms. The molecule has 2 heterocycles. The third-order valence-corrected chi connectivity index (χ3v) is 4.49. The van der Waals surface area contributed by atoms with Gasteiger partial charge in [0.25, 0.3) is 5.56 Å². The molecule has 0 aromatic carbocycles. The summed E-state index contributed by atoms with van der Waals surface area (Å²) in [6.07, 6.45) is 1.52. The number of aryl methyl sites for hydroxylation is 1. The van der Waals surface area contributed by atoms with Crippen molar-refractivity contribution in [3.8, 4) is 0 Å². The molecule has 2 N–H and O–H groups in total. The molecule has 0 spiro atoms. The van der Waals surface area contributed by atoms with E-state index in [1.807, 2.05) is 31.4 Å². The number of hydrogen-bond acceptors (Lipinski definition) is 4. The minimum absolute atomic E-state index is 0.147. The molecule has 0 fully saturated rings. The third kappa shape index (κ3) is 4.53.